The van der Waals surface area contributed by atoms with Crippen molar-refractivity contribution in [2.24, 2.45) is 5.92 Å². The predicted molar refractivity (Wildman–Crippen MR) is 71.9 cm³/mol. The van der Waals surface area contributed by atoms with Gasteiger partial charge in [-0.3, -0.25) is 0 Å². The van der Waals surface area contributed by atoms with E-state index in [0.29, 0.717) is 6.04 Å². The second-order valence-electron chi connectivity index (χ2n) is 4.99. The van der Waals surface area contributed by atoms with E-state index < -0.39 is 0 Å². The summed E-state index contributed by atoms with van der Waals surface area (Å²) in [6, 6.07) is 0.680. The van der Waals surface area contributed by atoms with Gasteiger partial charge in [-0.15, -0.1) is 0 Å². The van der Waals surface area contributed by atoms with Crippen molar-refractivity contribution in [1.29, 1.82) is 0 Å². The number of nitrogens with one attached hydrogen (secondary N) is 1. The summed E-state index contributed by atoms with van der Waals surface area (Å²) in [6.07, 6.45) is 6.14. The minimum atomic E-state index is 0.680. The molecule has 0 radical (unpaired) electrons. The summed E-state index contributed by atoms with van der Waals surface area (Å²) in [6.45, 7) is 11.9. The topological polar surface area (TPSA) is 21.3 Å². The van der Waals surface area contributed by atoms with Gasteiger partial charge < -0.3 is 10.1 Å². The average Bonchev–Trinajstić information content (AvgIpc) is 2.22. The quantitative estimate of drug-likeness (QED) is 0.547. The summed E-state index contributed by atoms with van der Waals surface area (Å²) < 4.78 is 5.58. The molecule has 0 saturated heterocycles. The summed E-state index contributed by atoms with van der Waals surface area (Å²) in [5.41, 5.74) is 0. The molecule has 2 nitrogen and oxygen atoms in total. The highest BCUT2D eigenvalue weighted by atomic mass is 16.5. The molecule has 1 N–H and O–H groups in total. The lowest BCUT2D eigenvalue weighted by atomic mass is 10.00. The largest absolute Gasteiger partial charge is 0.381 e. The molecule has 1 atom stereocenters. The molecule has 0 aliphatic rings. The van der Waals surface area contributed by atoms with E-state index in [1.54, 1.807) is 0 Å². The van der Waals surface area contributed by atoms with Gasteiger partial charge in [0.05, 0.1) is 0 Å². The normalized spacial score (nSPS) is 13.3. The Labute approximate surface area is 102 Å². The second kappa shape index (κ2) is 11.4. The molecule has 0 aromatic heterocycles. The van der Waals surface area contributed by atoms with Gasteiger partial charge in [0.1, 0.15) is 0 Å². The van der Waals surface area contributed by atoms with Gasteiger partial charge in [0, 0.05) is 19.3 Å². The molecule has 0 heterocycles. The van der Waals surface area contributed by atoms with Crippen molar-refractivity contribution in [2.75, 3.05) is 19.8 Å². The maximum Gasteiger partial charge on any atom is 0.0466 e. The molecule has 0 bridgehead atoms. The zero-order chi connectivity index (χ0) is 12.2. The van der Waals surface area contributed by atoms with Crippen LogP contribution in [0.5, 0.6) is 0 Å². The molecule has 1 unspecified atom stereocenters. The smallest absolute Gasteiger partial charge is 0.0466 e. The summed E-state index contributed by atoms with van der Waals surface area (Å²) >= 11 is 0. The summed E-state index contributed by atoms with van der Waals surface area (Å²) in [5, 5.41) is 3.56. The van der Waals surface area contributed by atoms with Crippen LogP contribution >= 0.6 is 0 Å². The third-order valence-corrected chi connectivity index (χ3v) is 2.73. The Morgan fingerprint density at radius 1 is 1.06 bits per heavy atom. The van der Waals surface area contributed by atoms with Crippen LogP contribution in [-0.2, 0) is 4.74 Å². The van der Waals surface area contributed by atoms with E-state index in [9.17, 15) is 0 Å². The molecule has 16 heavy (non-hydrogen) atoms. The van der Waals surface area contributed by atoms with Crippen molar-refractivity contribution >= 4 is 0 Å². The highest BCUT2D eigenvalue weighted by Gasteiger charge is 2.08. The van der Waals surface area contributed by atoms with Crippen LogP contribution in [0, 0.1) is 5.92 Å². The minimum absolute atomic E-state index is 0.680. The monoisotopic (exact) mass is 229 g/mol. The molecule has 0 fully saturated rings. The molecule has 98 valence electrons. The fourth-order valence-electron chi connectivity index (χ4n) is 1.94. The molecule has 0 spiro atoms. The number of ether oxygens (including phenoxy) is 1. The van der Waals surface area contributed by atoms with Gasteiger partial charge in [0.15, 0.2) is 0 Å². The second-order valence-corrected chi connectivity index (χ2v) is 4.99. The molecule has 0 aromatic rings. The van der Waals surface area contributed by atoms with Crippen LogP contribution in [-0.4, -0.2) is 25.8 Å². The van der Waals surface area contributed by atoms with Crippen molar-refractivity contribution in [1.82, 2.24) is 5.32 Å². The van der Waals surface area contributed by atoms with Gasteiger partial charge >= 0.3 is 0 Å². The fraction of sp³-hybridized carbons (Fsp3) is 1.00. The lowest BCUT2D eigenvalue weighted by molar-refractivity contribution is 0.124. The first kappa shape index (κ1) is 15.9. The van der Waals surface area contributed by atoms with Crippen LogP contribution in [0.4, 0.5) is 0 Å². The maximum atomic E-state index is 5.58. The summed E-state index contributed by atoms with van der Waals surface area (Å²) in [5.74, 6) is 0.782. The molecule has 2 heteroatoms. The third kappa shape index (κ3) is 10.4. The van der Waals surface area contributed by atoms with E-state index in [1.165, 1.54) is 32.1 Å². The van der Waals surface area contributed by atoms with Crippen molar-refractivity contribution in [3.8, 4) is 0 Å². The Balaban J connectivity index is 3.44. The van der Waals surface area contributed by atoms with Crippen molar-refractivity contribution < 1.29 is 4.74 Å². The SMILES string of the molecule is CCCCOCCCC(CC(C)C)NCC. The lowest BCUT2D eigenvalue weighted by Crippen LogP contribution is -2.30. The van der Waals surface area contributed by atoms with Gasteiger partial charge in [0.2, 0.25) is 0 Å². The zero-order valence-corrected chi connectivity index (χ0v) is 11.7. The van der Waals surface area contributed by atoms with Gasteiger partial charge in [-0.1, -0.05) is 34.1 Å². The molecule has 0 saturated carbocycles. The van der Waals surface area contributed by atoms with E-state index >= 15 is 0 Å². The number of hydrogen-bond donors (Lipinski definition) is 1. The Hall–Kier alpha value is -0.0800. The van der Waals surface area contributed by atoms with Crippen LogP contribution in [0.1, 0.15) is 59.8 Å². The van der Waals surface area contributed by atoms with E-state index in [1.807, 2.05) is 0 Å². The molecule has 0 rings (SSSR count). The van der Waals surface area contributed by atoms with Gasteiger partial charge in [-0.05, 0) is 38.1 Å². The Morgan fingerprint density at radius 3 is 2.31 bits per heavy atom. The Morgan fingerprint density at radius 2 is 1.75 bits per heavy atom. The molecule has 0 amide bonds. The fourth-order valence-corrected chi connectivity index (χ4v) is 1.94. The van der Waals surface area contributed by atoms with Crippen LogP contribution in [0.15, 0.2) is 0 Å². The number of unbranched alkanes of at least 4 members (excludes halogenated alkanes) is 1. The van der Waals surface area contributed by atoms with E-state index in [2.05, 4.69) is 33.0 Å². The minimum Gasteiger partial charge on any atom is -0.381 e. The molecule has 0 aliphatic heterocycles. The zero-order valence-electron chi connectivity index (χ0n) is 11.7. The van der Waals surface area contributed by atoms with Crippen molar-refractivity contribution in [2.45, 2.75) is 65.8 Å². The maximum absolute atomic E-state index is 5.58. The molecule has 0 aliphatic carbocycles. The predicted octanol–water partition coefficient (Wildman–Crippen LogP) is 3.61. The Kier molecular flexibility index (Phi) is 11.3. The van der Waals surface area contributed by atoms with Gasteiger partial charge in [0.25, 0.3) is 0 Å². The average molecular weight is 229 g/mol. The van der Waals surface area contributed by atoms with Crippen LogP contribution in [0.25, 0.3) is 0 Å². The summed E-state index contributed by atoms with van der Waals surface area (Å²) in [4.78, 5) is 0. The molecular weight excluding hydrogens is 198 g/mol. The van der Waals surface area contributed by atoms with Crippen LogP contribution in [0.2, 0.25) is 0 Å². The summed E-state index contributed by atoms with van der Waals surface area (Å²) in [7, 11) is 0. The first-order valence-corrected chi connectivity index (χ1v) is 7.01. The van der Waals surface area contributed by atoms with Crippen molar-refractivity contribution in [3.63, 3.8) is 0 Å². The van der Waals surface area contributed by atoms with Crippen LogP contribution in [0.3, 0.4) is 0 Å². The first-order valence-electron chi connectivity index (χ1n) is 7.01. The van der Waals surface area contributed by atoms with Crippen LogP contribution < -0.4 is 5.32 Å². The first-order chi connectivity index (χ1) is 7.70. The molecule has 0 aromatic carbocycles. The highest BCUT2D eigenvalue weighted by Crippen LogP contribution is 2.09. The van der Waals surface area contributed by atoms with E-state index in [0.717, 1.165) is 25.7 Å². The van der Waals surface area contributed by atoms with Crippen molar-refractivity contribution in [3.05, 3.63) is 0 Å². The highest BCUT2D eigenvalue weighted by molar-refractivity contribution is 4.67. The number of rotatable bonds is 11. The molecular formula is C14H31NO. The van der Waals surface area contributed by atoms with Gasteiger partial charge in [-0.2, -0.15) is 0 Å². The number of hydrogen-bond acceptors (Lipinski definition) is 2. The van der Waals surface area contributed by atoms with E-state index in [-0.39, 0.29) is 0 Å². The lowest BCUT2D eigenvalue weighted by Gasteiger charge is -2.19. The van der Waals surface area contributed by atoms with Gasteiger partial charge in [-0.25, -0.2) is 0 Å². The standard InChI is InChI=1S/C14H31NO/c1-5-7-10-16-11-8-9-14(15-6-2)12-13(3)4/h13-15H,5-12H2,1-4H3. The third-order valence-electron chi connectivity index (χ3n) is 2.73. The Bertz CT molecular complexity index is 137. The van der Waals surface area contributed by atoms with E-state index in [4.69, 9.17) is 4.74 Å².